The lowest BCUT2D eigenvalue weighted by atomic mass is 10.3. The summed E-state index contributed by atoms with van der Waals surface area (Å²) in [6, 6.07) is 0. The number of nitrogens with one attached hydrogen (secondary N) is 2. The molecule has 2 rings (SSSR count). The minimum absolute atomic E-state index is 0.00226. The third kappa shape index (κ3) is 3.96. The van der Waals surface area contributed by atoms with Crippen molar-refractivity contribution in [1.29, 1.82) is 0 Å². The van der Waals surface area contributed by atoms with Gasteiger partial charge in [-0.25, -0.2) is 0 Å². The number of H-pyrrole nitrogens is 1. The zero-order valence-electron chi connectivity index (χ0n) is 12.6. The van der Waals surface area contributed by atoms with Gasteiger partial charge in [0, 0.05) is 0 Å². The van der Waals surface area contributed by atoms with E-state index in [1.165, 1.54) is 13.8 Å². The number of halogens is 7. The first-order valence-corrected chi connectivity index (χ1v) is 7.33. The van der Waals surface area contributed by atoms with E-state index in [4.69, 9.17) is 0 Å². The van der Waals surface area contributed by atoms with E-state index in [0.717, 1.165) is 4.68 Å². The van der Waals surface area contributed by atoms with Gasteiger partial charge >= 0.3 is 12.4 Å². The van der Waals surface area contributed by atoms with Gasteiger partial charge in [-0.1, -0.05) is 0 Å². The van der Waals surface area contributed by atoms with E-state index in [1.807, 2.05) is 5.32 Å². The molecule has 25 heavy (non-hydrogen) atoms. The van der Waals surface area contributed by atoms with Crippen LogP contribution in [0, 0.1) is 13.8 Å². The molecule has 0 saturated carbocycles. The highest BCUT2D eigenvalue weighted by atomic mass is 79.9. The predicted octanol–water partition coefficient (Wildman–Crippen LogP) is 3.66. The average Bonchev–Trinajstić information content (AvgIpc) is 2.93. The predicted molar refractivity (Wildman–Crippen MR) is 76.6 cm³/mol. The van der Waals surface area contributed by atoms with E-state index in [9.17, 15) is 31.1 Å². The Kier molecular flexibility index (Phi) is 4.90. The molecule has 0 spiro atoms. The molecule has 6 nitrogen and oxygen atoms in total. The van der Waals surface area contributed by atoms with Crippen molar-refractivity contribution >= 4 is 27.5 Å². The minimum Gasteiger partial charge on any atom is -0.321 e. The number of hydrogen-bond acceptors (Lipinski definition) is 3. The smallest absolute Gasteiger partial charge is 0.321 e. The van der Waals surface area contributed by atoms with Crippen molar-refractivity contribution in [3.8, 4) is 0 Å². The molecule has 0 bridgehead atoms. The molecule has 0 fully saturated rings. The standard InChI is InChI=1S/C12H10BrF6N5O/c1-4-8(10(22-21-4)12(17,18)19)20-6(25)3-24-5(2)7(13)9(23-24)11(14,15)16/h3H2,1-2H3,(H,20,25)(H,21,22). The molecule has 0 radical (unpaired) electrons. The number of rotatable bonds is 3. The second-order valence-electron chi connectivity index (χ2n) is 5.02. The molecule has 0 aliphatic carbocycles. The number of aromatic amines is 1. The molecule has 0 unspecified atom stereocenters. The van der Waals surface area contributed by atoms with Crippen molar-refractivity contribution in [3.05, 3.63) is 27.2 Å². The minimum atomic E-state index is -4.80. The molecule has 13 heteroatoms. The lowest BCUT2D eigenvalue weighted by Gasteiger charge is -2.09. The molecule has 2 heterocycles. The number of carbonyl (C=O) groups excluding carboxylic acids is 1. The van der Waals surface area contributed by atoms with Gasteiger partial charge in [-0.15, -0.1) is 0 Å². The molecule has 2 aromatic heterocycles. The molecule has 2 N–H and O–H groups in total. The summed E-state index contributed by atoms with van der Waals surface area (Å²) >= 11 is 2.74. The Balaban J connectivity index is 2.24. The van der Waals surface area contributed by atoms with Crippen molar-refractivity contribution in [3.63, 3.8) is 0 Å². The van der Waals surface area contributed by atoms with Crippen molar-refractivity contribution < 1.29 is 31.1 Å². The van der Waals surface area contributed by atoms with Crippen LogP contribution in [0.1, 0.15) is 22.8 Å². The first-order valence-electron chi connectivity index (χ1n) is 6.54. The van der Waals surface area contributed by atoms with Gasteiger partial charge in [0.25, 0.3) is 0 Å². The third-order valence-corrected chi connectivity index (χ3v) is 4.12. The number of aryl methyl sites for hydroxylation is 1. The van der Waals surface area contributed by atoms with Gasteiger partial charge in [-0.2, -0.15) is 36.5 Å². The normalized spacial score (nSPS) is 12.5. The van der Waals surface area contributed by atoms with Crippen LogP contribution in [0.3, 0.4) is 0 Å². The molecule has 2 aromatic rings. The van der Waals surface area contributed by atoms with Crippen LogP contribution in [0.15, 0.2) is 4.47 Å². The highest BCUT2D eigenvalue weighted by Gasteiger charge is 2.39. The van der Waals surface area contributed by atoms with Crippen LogP contribution < -0.4 is 5.32 Å². The number of carbonyl (C=O) groups is 1. The van der Waals surface area contributed by atoms with Crippen molar-refractivity contribution in [2.24, 2.45) is 0 Å². The van der Waals surface area contributed by atoms with E-state index in [1.54, 1.807) is 0 Å². The fourth-order valence-corrected chi connectivity index (χ4v) is 2.47. The second kappa shape index (κ2) is 6.35. The average molecular weight is 434 g/mol. The van der Waals surface area contributed by atoms with Gasteiger partial charge in [0.2, 0.25) is 5.91 Å². The summed E-state index contributed by atoms with van der Waals surface area (Å²) in [6.07, 6.45) is -9.54. The Morgan fingerprint density at radius 2 is 1.72 bits per heavy atom. The van der Waals surface area contributed by atoms with E-state index in [2.05, 4.69) is 31.2 Å². The summed E-state index contributed by atoms with van der Waals surface area (Å²) in [5, 5.41) is 10.4. The zero-order chi connectivity index (χ0) is 19.2. The van der Waals surface area contributed by atoms with E-state index in [0.29, 0.717) is 0 Å². The quantitative estimate of drug-likeness (QED) is 0.725. The summed E-state index contributed by atoms with van der Waals surface area (Å²) in [5.74, 6) is -0.984. The molecule has 0 aromatic carbocycles. The number of aromatic nitrogens is 4. The molecule has 138 valence electrons. The van der Waals surface area contributed by atoms with Crippen LogP contribution in [-0.4, -0.2) is 25.9 Å². The summed E-state index contributed by atoms with van der Waals surface area (Å²) in [4.78, 5) is 12.0. The van der Waals surface area contributed by atoms with Crippen molar-refractivity contribution in [2.75, 3.05) is 5.32 Å². The fraction of sp³-hybridized carbons (Fsp3) is 0.417. The SMILES string of the molecule is Cc1[nH]nc(C(F)(F)F)c1NC(=O)Cn1nc(C(F)(F)F)c(Br)c1C. The lowest BCUT2D eigenvalue weighted by Crippen LogP contribution is -2.22. The maximum Gasteiger partial charge on any atom is 0.437 e. The number of hydrogen-bond donors (Lipinski definition) is 2. The Bertz CT molecular complexity index is 806. The highest BCUT2D eigenvalue weighted by Crippen LogP contribution is 2.36. The van der Waals surface area contributed by atoms with Crippen molar-refractivity contribution in [1.82, 2.24) is 20.0 Å². The molecule has 1 amide bonds. The molecular formula is C12H10BrF6N5O. The first-order chi connectivity index (χ1) is 11.3. The van der Waals surface area contributed by atoms with E-state index < -0.39 is 41.9 Å². The number of nitrogens with zero attached hydrogens (tertiary/aromatic N) is 3. The van der Waals surface area contributed by atoms with Crippen LogP contribution >= 0.6 is 15.9 Å². The number of anilines is 1. The Morgan fingerprint density at radius 3 is 2.20 bits per heavy atom. The fourth-order valence-electron chi connectivity index (χ4n) is 1.96. The maximum absolute atomic E-state index is 12.8. The summed E-state index contributed by atoms with van der Waals surface area (Å²) in [5.41, 5.74) is -3.18. The monoisotopic (exact) mass is 433 g/mol. The molecule has 0 aliphatic heterocycles. The molecular weight excluding hydrogens is 424 g/mol. The summed E-state index contributed by atoms with van der Waals surface area (Å²) in [7, 11) is 0. The van der Waals surface area contributed by atoms with Gasteiger partial charge in [0.05, 0.1) is 21.5 Å². The van der Waals surface area contributed by atoms with Gasteiger partial charge in [0.1, 0.15) is 6.54 Å². The molecule has 0 atom stereocenters. The Hall–Kier alpha value is -2.05. The second-order valence-corrected chi connectivity index (χ2v) is 5.81. The van der Waals surface area contributed by atoms with Gasteiger partial charge in [0.15, 0.2) is 11.4 Å². The summed E-state index contributed by atoms with van der Waals surface area (Å²) < 4.78 is 77.2. The molecule has 0 aliphatic rings. The molecule has 0 saturated heterocycles. The highest BCUT2D eigenvalue weighted by molar-refractivity contribution is 9.10. The largest absolute Gasteiger partial charge is 0.437 e. The van der Waals surface area contributed by atoms with Crippen LogP contribution in [0.25, 0.3) is 0 Å². The third-order valence-electron chi connectivity index (χ3n) is 3.18. The topological polar surface area (TPSA) is 75.6 Å². The van der Waals surface area contributed by atoms with Crippen LogP contribution in [-0.2, 0) is 23.7 Å². The summed E-state index contributed by atoms with van der Waals surface area (Å²) in [6.45, 7) is 1.83. The van der Waals surface area contributed by atoms with Crippen LogP contribution in [0.4, 0.5) is 32.0 Å². The van der Waals surface area contributed by atoms with Gasteiger partial charge in [-0.3, -0.25) is 14.6 Å². The van der Waals surface area contributed by atoms with Crippen LogP contribution in [0.5, 0.6) is 0 Å². The number of amides is 1. The van der Waals surface area contributed by atoms with E-state index >= 15 is 0 Å². The Morgan fingerprint density at radius 1 is 1.16 bits per heavy atom. The zero-order valence-corrected chi connectivity index (χ0v) is 14.2. The van der Waals surface area contributed by atoms with Crippen molar-refractivity contribution in [2.45, 2.75) is 32.7 Å². The maximum atomic E-state index is 12.8. The lowest BCUT2D eigenvalue weighted by molar-refractivity contribution is -0.142. The first kappa shape index (κ1) is 19.3. The Labute approximate surface area is 144 Å². The number of alkyl halides is 6. The van der Waals surface area contributed by atoms with Crippen LogP contribution in [0.2, 0.25) is 0 Å². The van der Waals surface area contributed by atoms with E-state index in [-0.39, 0.29) is 15.9 Å². The van der Waals surface area contributed by atoms with Gasteiger partial charge < -0.3 is 5.32 Å². The van der Waals surface area contributed by atoms with Gasteiger partial charge in [-0.05, 0) is 29.8 Å².